The quantitative estimate of drug-likeness (QED) is 0.632. The van der Waals surface area contributed by atoms with Crippen LogP contribution in [0, 0.1) is 0 Å². The van der Waals surface area contributed by atoms with Crippen LogP contribution in [0.2, 0.25) is 0 Å². The molecule has 3 heterocycles. The van der Waals surface area contributed by atoms with Crippen molar-refractivity contribution in [1.29, 1.82) is 0 Å². The lowest BCUT2D eigenvalue weighted by Gasteiger charge is -2.19. The van der Waals surface area contributed by atoms with E-state index < -0.39 is 5.91 Å². The molecule has 18 heavy (non-hydrogen) atoms. The van der Waals surface area contributed by atoms with Crippen LogP contribution in [0.4, 0.5) is 5.95 Å². The number of rotatable bonds is 1. The van der Waals surface area contributed by atoms with E-state index in [1.165, 1.54) is 0 Å². The number of hydroxylamine groups is 2. The molecule has 0 spiro atoms. The van der Waals surface area contributed by atoms with Crippen LogP contribution in [-0.4, -0.2) is 37.7 Å². The lowest BCUT2D eigenvalue weighted by atomic mass is 10.1. The molecule has 1 aliphatic rings. The Kier molecular flexibility index (Phi) is 2.27. The lowest BCUT2D eigenvalue weighted by molar-refractivity contribution is -0.0603. The molecule has 0 aromatic carbocycles. The summed E-state index contributed by atoms with van der Waals surface area (Å²) in [6.07, 6.45) is 2.13. The fraction of sp³-hybridized carbons (Fsp3) is 0.182. The summed E-state index contributed by atoms with van der Waals surface area (Å²) in [4.78, 5) is 22.7. The summed E-state index contributed by atoms with van der Waals surface area (Å²) in [6.45, 7) is 0.289. The van der Waals surface area contributed by atoms with Gasteiger partial charge in [-0.2, -0.15) is 0 Å². The number of hydrogen-bond donors (Lipinski definition) is 3. The van der Waals surface area contributed by atoms with Gasteiger partial charge < -0.3 is 10.7 Å². The molecular weight excluding hydrogens is 234 g/mol. The van der Waals surface area contributed by atoms with Gasteiger partial charge in [0.1, 0.15) is 0 Å². The van der Waals surface area contributed by atoms with Crippen LogP contribution in [0.5, 0.6) is 0 Å². The fourth-order valence-corrected chi connectivity index (χ4v) is 2.01. The van der Waals surface area contributed by atoms with Gasteiger partial charge in [0.05, 0.1) is 23.5 Å². The zero-order valence-electron chi connectivity index (χ0n) is 9.42. The van der Waals surface area contributed by atoms with Crippen molar-refractivity contribution in [3.05, 3.63) is 29.6 Å². The molecule has 0 saturated carbocycles. The molecule has 0 radical (unpaired) electrons. The average molecular weight is 245 g/mol. The van der Waals surface area contributed by atoms with Gasteiger partial charge in [-0.25, -0.2) is 15.0 Å². The first-order valence-corrected chi connectivity index (χ1v) is 5.46. The first-order chi connectivity index (χ1) is 8.65. The SMILES string of the molecule is Nc1nccc(-c2cc3c([nH]2)CCN(O)C3=O)n1. The van der Waals surface area contributed by atoms with Crippen LogP contribution in [0.3, 0.4) is 0 Å². The van der Waals surface area contributed by atoms with Gasteiger partial charge in [0, 0.05) is 18.3 Å². The van der Waals surface area contributed by atoms with Crippen molar-refractivity contribution < 1.29 is 10.0 Å². The van der Waals surface area contributed by atoms with Crippen molar-refractivity contribution in [3.63, 3.8) is 0 Å². The highest BCUT2D eigenvalue weighted by molar-refractivity contribution is 5.97. The fourth-order valence-electron chi connectivity index (χ4n) is 2.01. The molecule has 2 aromatic rings. The van der Waals surface area contributed by atoms with E-state index in [0.29, 0.717) is 28.4 Å². The van der Waals surface area contributed by atoms with Crippen molar-refractivity contribution in [2.75, 3.05) is 12.3 Å². The van der Waals surface area contributed by atoms with E-state index in [4.69, 9.17) is 5.73 Å². The van der Waals surface area contributed by atoms with Gasteiger partial charge >= 0.3 is 0 Å². The first-order valence-electron chi connectivity index (χ1n) is 5.46. The Labute approximate surface area is 102 Å². The topological polar surface area (TPSA) is 108 Å². The summed E-state index contributed by atoms with van der Waals surface area (Å²) in [5, 5.41) is 10.1. The van der Waals surface area contributed by atoms with Crippen LogP contribution >= 0.6 is 0 Å². The van der Waals surface area contributed by atoms with E-state index in [1.807, 2.05) is 0 Å². The highest BCUT2D eigenvalue weighted by atomic mass is 16.5. The van der Waals surface area contributed by atoms with E-state index in [0.717, 1.165) is 5.69 Å². The molecule has 92 valence electrons. The molecule has 0 aliphatic carbocycles. The minimum atomic E-state index is -0.402. The predicted molar refractivity (Wildman–Crippen MR) is 62.8 cm³/mol. The number of amides is 1. The predicted octanol–water partition coefficient (Wildman–Crippen LogP) is 0.441. The molecule has 1 aliphatic heterocycles. The number of aromatic nitrogens is 3. The molecule has 1 amide bonds. The van der Waals surface area contributed by atoms with Crippen molar-refractivity contribution >= 4 is 11.9 Å². The van der Waals surface area contributed by atoms with Gasteiger partial charge in [-0.1, -0.05) is 0 Å². The molecule has 7 nitrogen and oxygen atoms in total. The maximum absolute atomic E-state index is 11.7. The molecule has 0 atom stereocenters. The van der Waals surface area contributed by atoms with Crippen molar-refractivity contribution in [2.24, 2.45) is 0 Å². The smallest absolute Gasteiger partial charge is 0.279 e. The Morgan fingerprint density at radius 2 is 2.33 bits per heavy atom. The number of anilines is 1. The second kappa shape index (κ2) is 3.81. The number of carbonyl (C=O) groups is 1. The normalized spacial score (nSPS) is 14.7. The number of nitrogens with zero attached hydrogens (tertiary/aromatic N) is 3. The summed E-state index contributed by atoms with van der Waals surface area (Å²) in [5.74, 6) is -0.226. The van der Waals surface area contributed by atoms with Crippen molar-refractivity contribution in [2.45, 2.75) is 6.42 Å². The van der Waals surface area contributed by atoms with Crippen molar-refractivity contribution in [3.8, 4) is 11.4 Å². The first kappa shape index (κ1) is 10.7. The van der Waals surface area contributed by atoms with E-state index in [-0.39, 0.29) is 12.5 Å². The summed E-state index contributed by atoms with van der Waals surface area (Å²) in [5.41, 5.74) is 8.10. The number of H-pyrrole nitrogens is 1. The van der Waals surface area contributed by atoms with Gasteiger partial charge in [0.15, 0.2) is 0 Å². The Morgan fingerprint density at radius 1 is 1.50 bits per heavy atom. The minimum absolute atomic E-state index is 0.176. The van der Waals surface area contributed by atoms with E-state index in [2.05, 4.69) is 15.0 Å². The summed E-state index contributed by atoms with van der Waals surface area (Å²) >= 11 is 0. The molecule has 3 rings (SSSR count). The second-order valence-corrected chi connectivity index (χ2v) is 4.05. The van der Waals surface area contributed by atoms with E-state index in [1.54, 1.807) is 18.3 Å². The highest BCUT2D eigenvalue weighted by Gasteiger charge is 2.25. The highest BCUT2D eigenvalue weighted by Crippen LogP contribution is 2.24. The largest absolute Gasteiger partial charge is 0.368 e. The Morgan fingerprint density at radius 3 is 3.11 bits per heavy atom. The average Bonchev–Trinajstić information content (AvgIpc) is 2.79. The second-order valence-electron chi connectivity index (χ2n) is 4.05. The third-order valence-electron chi connectivity index (χ3n) is 2.89. The third-order valence-corrected chi connectivity index (χ3v) is 2.89. The maximum atomic E-state index is 11.7. The minimum Gasteiger partial charge on any atom is -0.368 e. The number of nitrogen functional groups attached to an aromatic ring is 1. The van der Waals surface area contributed by atoms with Crippen LogP contribution in [0.25, 0.3) is 11.4 Å². The third kappa shape index (κ3) is 1.61. The van der Waals surface area contributed by atoms with Crippen molar-refractivity contribution in [1.82, 2.24) is 20.0 Å². The van der Waals surface area contributed by atoms with Crippen LogP contribution in [-0.2, 0) is 6.42 Å². The van der Waals surface area contributed by atoms with Gasteiger partial charge in [-0.15, -0.1) is 0 Å². The number of carbonyl (C=O) groups excluding carboxylic acids is 1. The summed E-state index contributed by atoms with van der Waals surface area (Å²) in [6, 6.07) is 3.37. The van der Waals surface area contributed by atoms with Gasteiger partial charge in [0.25, 0.3) is 5.91 Å². The molecular formula is C11H11N5O2. The van der Waals surface area contributed by atoms with E-state index >= 15 is 0 Å². The van der Waals surface area contributed by atoms with Gasteiger partial charge in [-0.05, 0) is 12.1 Å². The van der Waals surface area contributed by atoms with Crippen LogP contribution in [0.1, 0.15) is 16.1 Å². The molecule has 7 heteroatoms. The molecule has 2 aromatic heterocycles. The summed E-state index contributed by atoms with van der Waals surface area (Å²) < 4.78 is 0. The lowest BCUT2D eigenvalue weighted by Crippen LogP contribution is -2.34. The number of nitrogens with one attached hydrogen (secondary N) is 1. The molecule has 0 bridgehead atoms. The number of fused-ring (bicyclic) bond motifs is 1. The van der Waals surface area contributed by atoms with Gasteiger partial charge in [-0.3, -0.25) is 10.0 Å². The van der Waals surface area contributed by atoms with Crippen LogP contribution in [0.15, 0.2) is 18.3 Å². The zero-order chi connectivity index (χ0) is 12.7. The molecule has 0 saturated heterocycles. The maximum Gasteiger partial charge on any atom is 0.279 e. The van der Waals surface area contributed by atoms with E-state index in [9.17, 15) is 10.0 Å². The van der Waals surface area contributed by atoms with Gasteiger partial charge in [0.2, 0.25) is 5.95 Å². The number of nitrogens with two attached hydrogens (primary N) is 1. The standard InChI is InChI=1S/C11H11N5O2/c12-11-13-3-1-8(15-11)9-5-6-7(14-9)2-4-16(18)10(6)17/h1,3,5,14,18H,2,4H2,(H2,12,13,15). The number of aromatic amines is 1. The molecule has 0 fully saturated rings. The zero-order valence-corrected chi connectivity index (χ0v) is 9.42. The Hall–Kier alpha value is -2.41. The monoisotopic (exact) mass is 245 g/mol. The Bertz CT molecular complexity index is 622. The van der Waals surface area contributed by atoms with Crippen LogP contribution < -0.4 is 5.73 Å². The summed E-state index contributed by atoms with van der Waals surface area (Å²) in [7, 11) is 0. The number of hydrogen-bond acceptors (Lipinski definition) is 5. The molecule has 0 unspecified atom stereocenters. The molecule has 4 N–H and O–H groups in total. The Balaban J connectivity index is 2.06.